The lowest BCUT2D eigenvalue weighted by Crippen LogP contribution is -2.47. The van der Waals surface area contributed by atoms with Crippen LogP contribution in [-0.2, 0) is 0 Å². The minimum Gasteiger partial charge on any atom is -0.450 e. The first-order valence-electron chi connectivity index (χ1n) is 8.43. The summed E-state index contributed by atoms with van der Waals surface area (Å²) < 4.78 is 6.06. The van der Waals surface area contributed by atoms with Crippen molar-refractivity contribution in [2.24, 2.45) is 0 Å². The van der Waals surface area contributed by atoms with Gasteiger partial charge < -0.3 is 14.2 Å². The van der Waals surface area contributed by atoms with Crippen LogP contribution in [0, 0.1) is 0 Å². The Hall–Kier alpha value is -3.15. The quantitative estimate of drug-likeness (QED) is 0.562. The van der Waals surface area contributed by atoms with Crippen molar-refractivity contribution in [3.8, 4) is 0 Å². The molecule has 124 valence electrons. The molecule has 0 saturated carbocycles. The van der Waals surface area contributed by atoms with Gasteiger partial charge in [0, 0.05) is 37.8 Å². The van der Waals surface area contributed by atoms with Gasteiger partial charge in [0.1, 0.15) is 23.2 Å². The number of para-hydroxylation sites is 1. The van der Waals surface area contributed by atoms with Crippen molar-refractivity contribution in [2.45, 2.75) is 0 Å². The van der Waals surface area contributed by atoms with Crippen molar-refractivity contribution >= 4 is 33.7 Å². The van der Waals surface area contributed by atoms with Gasteiger partial charge in [-0.05, 0) is 24.3 Å². The van der Waals surface area contributed by atoms with Crippen molar-refractivity contribution < 1.29 is 4.42 Å². The number of benzene rings is 1. The molecule has 1 aliphatic rings. The second-order valence-corrected chi connectivity index (χ2v) is 6.14. The number of hydrogen-bond donors (Lipinski definition) is 0. The first kappa shape index (κ1) is 14.2. The van der Waals surface area contributed by atoms with Crippen molar-refractivity contribution in [1.82, 2.24) is 15.0 Å². The molecule has 1 aliphatic heterocycles. The van der Waals surface area contributed by atoms with Crippen molar-refractivity contribution in [3.63, 3.8) is 0 Å². The summed E-state index contributed by atoms with van der Waals surface area (Å²) in [6.07, 6.45) is 3.47. The van der Waals surface area contributed by atoms with Crippen LogP contribution < -0.4 is 9.80 Å². The number of anilines is 2. The molecule has 0 N–H and O–H groups in total. The van der Waals surface area contributed by atoms with Gasteiger partial charge in [0.15, 0.2) is 11.4 Å². The van der Waals surface area contributed by atoms with Gasteiger partial charge >= 0.3 is 0 Å². The van der Waals surface area contributed by atoms with Crippen LogP contribution in [0.4, 0.5) is 11.6 Å². The summed E-state index contributed by atoms with van der Waals surface area (Å²) in [5.41, 5.74) is 2.51. The Labute approximate surface area is 144 Å². The van der Waals surface area contributed by atoms with E-state index in [2.05, 4.69) is 30.8 Å². The number of fused-ring (bicyclic) bond motifs is 3. The Morgan fingerprint density at radius 1 is 0.800 bits per heavy atom. The van der Waals surface area contributed by atoms with Gasteiger partial charge in [-0.3, -0.25) is 0 Å². The van der Waals surface area contributed by atoms with E-state index in [9.17, 15) is 0 Å². The average Bonchev–Trinajstić information content (AvgIpc) is 3.08. The summed E-state index contributed by atoms with van der Waals surface area (Å²) in [6.45, 7) is 3.56. The molecule has 0 aliphatic carbocycles. The molecule has 0 amide bonds. The molecular weight excluding hydrogens is 314 g/mol. The third-order valence-electron chi connectivity index (χ3n) is 4.69. The van der Waals surface area contributed by atoms with E-state index in [1.807, 2.05) is 42.6 Å². The highest BCUT2D eigenvalue weighted by Crippen LogP contribution is 2.32. The molecule has 0 spiro atoms. The minimum atomic E-state index is 0.773. The summed E-state index contributed by atoms with van der Waals surface area (Å²) in [7, 11) is 0. The third kappa shape index (κ3) is 2.38. The summed E-state index contributed by atoms with van der Waals surface area (Å²) in [5.74, 6) is 1.90. The van der Waals surface area contributed by atoms with Crippen LogP contribution >= 0.6 is 0 Å². The maximum atomic E-state index is 6.06. The molecule has 0 unspecified atom stereocenters. The number of aromatic nitrogens is 3. The Morgan fingerprint density at radius 3 is 2.44 bits per heavy atom. The highest BCUT2D eigenvalue weighted by molar-refractivity contribution is 6.05. The molecule has 4 aromatic rings. The van der Waals surface area contributed by atoms with E-state index in [4.69, 9.17) is 4.42 Å². The van der Waals surface area contributed by atoms with E-state index < -0.39 is 0 Å². The summed E-state index contributed by atoms with van der Waals surface area (Å²) in [4.78, 5) is 18.0. The van der Waals surface area contributed by atoms with Gasteiger partial charge in [0.25, 0.3) is 0 Å². The molecule has 4 heterocycles. The predicted molar refractivity (Wildman–Crippen MR) is 98.0 cm³/mol. The van der Waals surface area contributed by atoms with Crippen LogP contribution in [0.2, 0.25) is 0 Å². The Bertz CT molecular complexity index is 1020. The lowest BCUT2D eigenvalue weighted by Gasteiger charge is -2.35. The van der Waals surface area contributed by atoms with Gasteiger partial charge in [0.05, 0.1) is 0 Å². The fourth-order valence-electron chi connectivity index (χ4n) is 3.42. The van der Waals surface area contributed by atoms with Crippen LogP contribution in [0.1, 0.15) is 0 Å². The molecule has 0 atom stereocenters. The minimum absolute atomic E-state index is 0.773. The zero-order valence-corrected chi connectivity index (χ0v) is 13.7. The molecule has 6 nitrogen and oxygen atoms in total. The molecule has 0 bridgehead atoms. The SMILES string of the molecule is c1ccc(N2CCN(c3ncnc4c3oc3ccccc34)CC2)nc1. The predicted octanol–water partition coefficient (Wildman–Crippen LogP) is 3.10. The molecule has 25 heavy (non-hydrogen) atoms. The van der Waals surface area contributed by atoms with Gasteiger partial charge in [-0.2, -0.15) is 0 Å². The maximum absolute atomic E-state index is 6.06. The molecular formula is C19H17N5O. The van der Waals surface area contributed by atoms with E-state index in [0.717, 1.165) is 59.9 Å². The van der Waals surface area contributed by atoms with E-state index in [1.54, 1.807) is 6.33 Å². The maximum Gasteiger partial charge on any atom is 0.196 e. The highest BCUT2D eigenvalue weighted by Gasteiger charge is 2.23. The Morgan fingerprint density at radius 2 is 1.60 bits per heavy atom. The van der Waals surface area contributed by atoms with Crippen LogP contribution in [-0.4, -0.2) is 41.1 Å². The van der Waals surface area contributed by atoms with Crippen molar-refractivity contribution in [1.29, 1.82) is 0 Å². The Balaban J connectivity index is 1.46. The highest BCUT2D eigenvalue weighted by atomic mass is 16.3. The molecule has 1 fully saturated rings. The third-order valence-corrected chi connectivity index (χ3v) is 4.69. The second kappa shape index (κ2) is 5.73. The smallest absolute Gasteiger partial charge is 0.196 e. The number of pyridine rings is 1. The number of piperazine rings is 1. The van der Waals surface area contributed by atoms with Crippen molar-refractivity contribution in [2.75, 3.05) is 36.0 Å². The van der Waals surface area contributed by atoms with Gasteiger partial charge in [0.2, 0.25) is 0 Å². The molecule has 1 saturated heterocycles. The van der Waals surface area contributed by atoms with Gasteiger partial charge in [-0.15, -0.1) is 0 Å². The van der Waals surface area contributed by atoms with E-state index in [1.165, 1.54) is 0 Å². The van der Waals surface area contributed by atoms with E-state index >= 15 is 0 Å². The fourth-order valence-corrected chi connectivity index (χ4v) is 3.42. The van der Waals surface area contributed by atoms with Gasteiger partial charge in [-0.25, -0.2) is 15.0 Å². The molecule has 6 heteroatoms. The summed E-state index contributed by atoms with van der Waals surface area (Å²) in [5, 5.41) is 1.04. The first-order chi connectivity index (χ1) is 12.4. The van der Waals surface area contributed by atoms with E-state index in [0.29, 0.717) is 0 Å². The van der Waals surface area contributed by atoms with Crippen LogP contribution in [0.3, 0.4) is 0 Å². The zero-order chi connectivity index (χ0) is 16.6. The van der Waals surface area contributed by atoms with Crippen LogP contribution in [0.25, 0.3) is 22.1 Å². The molecule has 1 aromatic carbocycles. The Kier molecular flexibility index (Phi) is 3.26. The number of nitrogens with zero attached hydrogens (tertiary/aromatic N) is 5. The molecule has 5 rings (SSSR count). The lowest BCUT2D eigenvalue weighted by atomic mass is 10.2. The molecule has 0 radical (unpaired) electrons. The second-order valence-electron chi connectivity index (χ2n) is 6.14. The lowest BCUT2D eigenvalue weighted by molar-refractivity contribution is 0.626. The monoisotopic (exact) mass is 331 g/mol. The summed E-state index contributed by atoms with van der Waals surface area (Å²) in [6, 6.07) is 14.0. The number of rotatable bonds is 2. The zero-order valence-electron chi connectivity index (χ0n) is 13.7. The first-order valence-corrected chi connectivity index (χ1v) is 8.43. The largest absolute Gasteiger partial charge is 0.450 e. The van der Waals surface area contributed by atoms with E-state index in [-0.39, 0.29) is 0 Å². The normalized spacial score (nSPS) is 15.2. The van der Waals surface area contributed by atoms with Crippen molar-refractivity contribution in [3.05, 3.63) is 55.0 Å². The fraction of sp³-hybridized carbons (Fsp3) is 0.211. The van der Waals surface area contributed by atoms with Crippen LogP contribution in [0.5, 0.6) is 0 Å². The average molecular weight is 331 g/mol. The standard InChI is InChI=1S/C19H17N5O/c1-2-6-15-14(5-1)17-18(25-15)19(22-13-21-17)24-11-9-23(10-12-24)16-7-3-4-8-20-16/h1-8,13H,9-12H2. The topological polar surface area (TPSA) is 58.3 Å². The summed E-state index contributed by atoms with van der Waals surface area (Å²) >= 11 is 0. The number of furan rings is 1. The van der Waals surface area contributed by atoms with Gasteiger partial charge in [-0.1, -0.05) is 18.2 Å². The van der Waals surface area contributed by atoms with Crippen LogP contribution in [0.15, 0.2) is 59.4 Å². The molecule has 3 aromatic heterocycles. The number of hydrogen-bond acceptors (Lipinski definition) is 6.